The number of imidazole rings is 1. The number of methoxy groups -OCH3 is 1. The number of benzene rings is 2. The van der Waals surface area contributed by atoms with Gasteiger partial charge in [0, 0.05) is 18.7 Å². The average Bonchev–Trinajstić information content (AvgIpc) is 3.16. The van der Waals surface area contributed by atoms with E-state index in [0.717, 1.165) is 22.5 Å². The van der Waals surface area contributed by atoms with Gasteiger partial charge >= 0.3 is 0 Å². The molecule has 0 radical (unpaired) electrons. The monoisotopic (exact) mass is 336 g/mol. The molecule has 2 heterocycles. The largest absolute Gasteiger partial charge is 0.492 e. The van der Waals surface area contributed by atoms with Gasteiger partial charge in [0.05, 0.1) is 18.1 Å². The molecule has 2 aromatic carbocycles. The second kappa shape index (κ2) is 5.73. The van der Waals surface area contributed by atoms with Crippen molar-refractivity contribution >= 4 is 11.0 Å². The molecular weight excluding hydrogens is 319 g/mol. The molecule has 0 saturated heterocycles. The molecule has 4 rings (SSSR count). The van der Waals surface area contributed by atoms with Crippen molar-refractivity contribution in [3.8, 4) is 28.5 Å². The maximum Gasteiger partial charge on any atom is 0.175 e. The number of aromatic nitrogens is 4. The Labute approximate surface area is 144 Å². The number of rotatable bonds is 3. The van der Waals surface area contributed by atoms with Gasteiger partial charge in [-0.15, -0.1) is 0 Å². The summed E-state index contributed by atoms with van der Waals surface area (Å²) < 4.78 is 21.2. The van der Waals surface area contributed by atoms with Crippen molar-refractivity contribution in [1.29, 1.82) is 0 Å². The van der Waals surface area contributed by atoms with Gasteiger partial charge in [-0.2, -0.15) is 5.10 Å². The highest BCUT2D eigenvalue weighted by atomic mass is 19.1. The Morgan fingerprint density at radius 3 is 2.64 bits per heavy atom. The highest BCUT2D eigenvalue weighted by molar-refractivity contribution is 5.83. The molecule has 0 aliphatic carbocycles. The Hall–Kier alpha value is -3.15. The first kappa shape index (κ1) is 15.4. The Morgan fingerprint density at radius 1 is 1.16 bits per heavy atom. The summed E-state index contributed by atoms with van der Waals surface area (Å²) in [6.07, 6.45) is 0. The molecule has 4 aromatic rings. The maximum absolute atomic E-state index is 13.8. The average molecular weight is 336 g/mol. The second-order valence-corrected chi connectivity index (χ2v) is 5.92. The molecule has 5 nitrogen and oxygen atoms in total. The van der Waals surface area contributed by atoms with Crippen molar-refractivity contribution in [2.24, 2.45) is 7.05 Å². The van der Waals surface area contributed by atoms with E-state index >= 15 is 0 Å². The Morgan fingerprint density at radius 2 is 1.92 bits per heavy atom. The number of aromatic amines is 1. The lowest BCUT2D eigenvalue weighted by Crippen LogP contribution is -1.96. The SMILES string of the molecule is COc1c(-c2ccccc2)nn(C)c1-c1nc2cc(F)c(C)cc2[nH]1. The van der Waals surface area contributed by atoms with Crippen LogP contribution in [0.2, 0.25) is 0 Å². The van der Waals surface area contributed by atoms with Crippen LogP contribution >= 0.6 is 0 Å². The third-order valence-corrected chi connectivity index (χ3v) is 4.24. The predicted molar refractivity (Wildman–Crippen MR) is 95.0 cm³/mol. The maximum atomic E-state index is 13.8. The summed E-state index contributed by atoms with van der Waals surface area (Å²) in [7, 11) is 3.45. The van der Waals surface area contributed by atoms with Crippen molar-refractivity contribution in [1.82, 2.24) is 19.7 Å². The molecule has 2 aromatic heterocycles. The van der Waals surface area contributed by atoms with E-state index in [0.29, 0.717) is 22.7 Å². The van der Waals surface area contributed by atoms with Gasteiger partial charge in [0.1, 0.15) is 17.2 Å². The van der Waals surface area contributed by atoms with Crippen LogP contribution in [0.3, 0.4) is 0 Å². The van der Waals surface area contributed by atoms with Gasteiger partial charge in [-0.3, -0.25) is 4.68 Å². The molecule has 25 heavy (non-hydrogen) atoms. The number of nitrogens with zero attached hydrogens (tertiary/aromatic N) is 3. The quantitative estimate of drug-likeness (QED) is 0.613. The van der Waals surface area contributed by atoms with E-state index in [1.165, 1.54) is 6.07 Å². The number of fused-ring (bicyclic) bond motifs is 1. The van der Waals surface area contributed by atoms with Crippen molar-refractivity contribution < 1.29 is 9.13 Å². The third-order valence-electron chi connectivity index (χ3n) is 4.24. The molecule has 0 fully saturated rings. The van der Waals surface area contributed by atoms with Crippen LogP contribution in [0.4, 0.5) is 4.39 Å². The topological polar surface area (TPSA) is 55.7 Å². The standard InChI is InChI=1S/C19H17FN4O/c1-11-9-14-15(10-13(11)20)22-19(21-14)17-18(25-3)16(23-24(17)2)12-7-5-4-6-8-12/h4-10H,1-3H3,(H,21,22). The van der Waals surface area contributed by atoms with Crippen LogP contribution in [0, 0.1) is 12.7 Å². The van der Waals surface area contributed by atoms with Crippen LogP contribution in [-0.2, 0) is 7.05 Å². The number of hydrogen-bond donors (Lipinski definition) is 1. The molecule has 0 aliphatic rings. The molecule has 0 amide bonds. The van der Waals surface area contributed by atoms with Crippen LogP contribution in [0.25, 0.3) is 33.8 Å². The Bertz CT molecular complexity index is 1030. The highest BCUT2D eigenvalue weighted by Gasteiger charge is 2.22. The molecule has 0 bridgehead atoms. The molecule has 6 heteroatoms. The summed E-state index contributed by atoms with van der Waals surface area (Å²) in [5, 5.41) is 4.59. The fourth-order valence-corrected chi connectivity index (χ4v) is 3.00. The van der Waals surface area contributed by atoms with E-state index < -0.39 is 0 Å². The Balaban J connectivity index is 1.92. The molecule has 1 N–H and O–H groups in total. The first-order valence-electron chi connectivity index (χ1n) is 7.91. The van der Waals surface area contributed by atoms with E-state index in [1.54, 1.807) is 24.8 Å². The predicted octanol–water partition coefficient (Wildman–Crippen LogP) is 4.09. The van der Waals surface area contributed by atoms with E-state index in [2.05, 4.69) is 15.1 Å². The molecule has 126 valence electrons. The van der Waals surface area contributed by atoms with Gasteiger partial charge in [-0.25, -0.2) is 9.37 Å². The molecule has 0 aliphatic heterocycles. The first-order valence-corrected chi connectivity index (χ1v) is 7.91. The van der Waals surface area contributed by atoms with E-state index in [9.17, 15) is 4.39 Å². The molecular formula is C19H17FN4O. The van der Waals surface area contributed by atoms with Crippen molar-refractivity contribution in [2.45, 2.75) is 6.92 Å². The lowest BCUT2D eigenvalue weighted by molar-refractivity contribution is 0.417. The van der Waals surface area contributed by atoms with Crippen molar-refractivity contribution in [3.05, 3.63) is 53.8 Å². The van der Waals surface area contributed by atoms with Gasteiger partial charge in [0.25, 0.3) is 0 Å². The number of nitrogens with one attached hydrogen (secondary N) is 1. The lowest BCUT2D eigenvalue weighted by Gasteiger charge is -2.03. The molecule has 0 unspecified atom stereocenters. The zero-order chi connectivity index (χ0) is 17.6. The first-order chi connectivity index (χ1) is 12.1. The van der Waals surface area contributed by atoms with Crippen LogP contribution in [0.1, 0.15) is 5.56 Å². The van der Waals surface area contributed by atoms with E-state index in [-0.39, 0.29) is 5.82 Å². The minimum absolute atomic E-state index is 0.271. The third kappa shape index (κ3) is 2.46. The van der Waals surface area contributed by atoms with Crippen LogP contribution < -0.4 is 4.74 Å². The molecule has 0 spiro atoms. The van der Waals surface area contributed by atoms with Crippen LogP contribution in [0.15, 0.2) is 42.5 Å². The highest BCUT2D eigenvalue weighted by Crippen LogP contribution is 2.37. The number of hydrogen-bond acceptors (Lipinski definition) is 3. The fraction of sp³-hybridized carbons (Fsp3) is 0.158. The van der Waals surface area contributed by atoms with Crippen LogP contribution in [-0.4, -0.2) is 26.9 Å². The lowest BCUT2D eigenvalue weighted by atomic mass is 10.1. The fourth-order valence-electron chi connectivity index (χ4n) is 3.00. The summed E-state index contributed by atoms with van der Waals surface area (Å²) >= 11 is 0. The number of H-pyrrole nitrogens is 1. The minimum Gasteiger partial charge on any atom is -0.492 e. The van der Waals surface area contributed by atoms with E-state index in [1.807, 2.05) is 37.4 Å². The zero-order valence-corrected chi connectivity index (χ0v) is 14.2. The van der Waals surface area contributed by atoms with Crippen molar-refractivity contribution in [2.75, 3.05) is 7.11 Å². The zero-order valence-electron chi connectivity index (χ0n) is 14.2. The molecule has 0 saturated carbocycles. The Kier molecular flexibility index (Phi) is 3.53. The second-order valence-electron chi connectivity index (χ2n) is 5.92. The van der Waals surface area contributed by atoms with E-state index in [4.69, 9.17) is 4.74 Å². The van der Waals surface area contributed by atoms with Gasteiger partial charge in [0.2, 0.25) is 0 Å². The number of aryl methyl sites for hydroxylation is 2. The van der Waals surface area contributed by atoms with Crippen LogP contribution in [0.5, 0.6) is 5.75 Å². The summed E-state index contributed by atoms with van der Waals surface area (Å²) in [6, 6.07) is 13.0. The summed E-state index contributed by atoms with van der Waals surface area (Å²) in [4.78, 5) is 7.77. The van der Waals surface area contributed by atoms with Gasteiger partial charge < -0.3 is 9.72 Å². The number of ether oxygens (including phenoxy) is 1. The van der Waals surface area contributed by atoms with Gasteiger partial charge in [-0.05, 0) is 18.6 Å². The normalized spacial score (nSPS) is 11.2. The smallest absolute Gasteiger partial charge is 0.175 e. The van der Waals surface area contributed by atoms with Gasteiger partial charge in [0.15, 0.2) is 11.6 Å². The van der Waals surface area contributed by atoms with Crippen molar-refractivity contribution in [3.63, 3.8) is 0 Å². The molecule has 0 atom stereocenters. The summed E-state index contributed by atoms with van der Waals surface area (Å²) in [5.74, 6) is 0.950. The van der Waals surface area contributed by atoms with Gasteiger partial charge in [-0.1, -0.05) is 30.3 Å². The number of halogens is 1. The minimum atomic E-state index is -0.271. The summed E-state index contributed by atoms with van der Waals surface area (Å²) in [6.45, 7) is 1.73. The summed E-state index contributed by atoms with van der Waals surface area (Å²) in [5.41, 5.74) is 4.34.